The Hall–Kier alpha value is -1.33. The van der Waals surface area contributed by atoms with Gasteiger partial charge in [-0.15, -0.1) is 11.3 Å². The molecule has 0 aliphatic rings. The number of hydrogen-bond acceptors (Lipinski definition) is 4. The fraction of sp³-hybridized carbons (Fsp3) is 0.429. The van der Waals surface area contributed by atoms with E-state index in [0.29, 0.717) is 0 Å². The predicted octanol–water partition coefficient (Wildman–Crippen LogP) is 3.27. The van der Waals surface area contributed by atoms with Crippen molar-refractivity contribution in [1.82, 2.24) is 15.3 Å². The maximum atomic E-state index is 13.3. The van der Waals surface area contributed by atoms with Crippen molar-refractivity contribution in [1.29, 1.82) is 0 Å². The summed E-state index contributed by atoms with van der Waals surface area (Å²) in [6.07, 6.45) is 4.75. The van der Waals surface area contributed by atoms with Crippen molar-refractivity contribution in [2.75, 3.05) is 6.54 Å². The molecule has 0 fully saturated rings. The first kappa shape index (κ1) is 14.1. The van der Waals surface area contributed by atoms with Crippen LogP contribution in [0.3, 0.4) is 0 Å². The van der Waals surface area contributed by atoms with Crippen molar-refractivity contribution < 1.29 is 4.39 Å². The number of nitrogens with zero attached hydrogens (tertiary/aromatic N) is 2. The van der Waals surface area contributed by atoms with E-state index in [4.69, 9.17) is 0 Å². The van der Waals surface area contributed by atoms with Gasteiger partial charge in [-0.25, -0.2) is 9.37 Å². The summed E-state index contributed by atoms with van der Waals surface area (Å²) < 4.78 is 13.3. The van der Waals surface area contributed by atoms with Crippen LogP contribution < -0.4 is 5.32 Å². The number of thiazole rings is 1. The molecule has 2 aromatic rings. The molecule has 0 aliphatic heterocycles. The zero-order chi connectivity index (χ0) is 13.7. The van der Waals surface area contributed by atoms with Crippen LogP contribution in [0.4, 0.5) is 4.39 Å². The largest absolute Gasteiger partial charge is 0.310 e. The predicted molar refractivity (Wildman–Crippen MR) is 75.8 cm³/mol. The second-order valence-corrected chi connectivity index (χ2v) is 5.47. The molecule has 0 spiro atoms. The van der Waals surface area contributed by atoms with Crippen molar-refractivity contribution in [2.24, 2.45) is 0 Å². The van der Waals surface area contributed by atoms with Crippen molar-refractivity contribution in [2.45, 2.75) is 32.7 Å². The molecule has 102 valence electrons. The van der Waals surface area contributed by atoms with Crippen LogP contribution in [0.5, 0.6) is 0 Å². The van der Waals surface area contributed by atoms with Gasteiger partial charge in [-0.2, -0.15) is 0 Å². The molecular weight excluding hydrogens is 261 g/mol. The zero-order valence-corrected chi connectivity index (χ0v) is 12.0. The van der Waals surface area contributed by atoms with E-state index in [1.165, 1.54) is 6.20 Å². The Kier molecular flexibility index (Phi) is 4.99. The lowest BCUT2D eigenvalue weighted by Gasteiger charge is -2.17. The number of rotatable bonds is 6. The fourth-order valence-electron chi connectivity index (χ4n) is 1.92. The molecule has 3 nitrogen and oxygen atoms in total. The zero-order valence-electron chi connectivity index (χ0n) is 11.2. The quantitative estimate of drug-likeness (QED) is 0.882. The van der Waals surface area contributed by atoms with Crippen molar-refractivity contribution >= 4 is 11.3 Å². The maximum Gasteiger partial charge on any atom is 0.141 e. The molecular formula is C14H18FN3S. The number of aryl methyl sites for hydroxylation is 1. The van der Waals surface area contributed by atoms with Crippen LogP contribution in [0.15, 0.2) is 23.8 Å². The number of halogens is 1. The Balaban J connectivity index is 2.15. The highest BCUT2D eigenvalue weighted by Gasteiger charge is 2.14. The number of nitrogens with one attached hydrogen (secondary N) is 1. The molecule has 0 bridgehead atoms. The lowest BCUT2D eigenvalue weighted by atomic mass is 10.1. The molecule has 0 saturated carbocycles. The molecule has 19 heavy (non-hydrogen) atoms. The van der Waals surface area contributed by atoms with E-state index < -0.39 is 0 Å². The van der Waals surface area contributed by atoms with Gasteiger partial charge in [0, 0.05) is 29.7 Å². The van der Waals surface area contributed by atoms with Gasteiger partial charge in [0.2, 0.25) is 0 Å². The highest BCUT2D eigenvalue weighted by molar-refractivity contribution is 7.09. The fourth-order valence-corrected chi connectivity index (χ4v) is 2.74. The summed E-state index contributed by atoms with van der Waals surface area (Å²) in [6, 6.07) is 1.61. The van der Waals surface area contributed by atoms with Gasteiger partial charge >= 0.3 is 0 Å². The monoisotopic (exact) mass is 279 g/mol. The van der Waals surface area contributed by atoms with Crippen molar-refractivity contribution in [3.8, 4) is 0 Å². The topological polar surface area (TPSA) is 37.8 Å². The molecule has 1 atom stereocenters. The van der Waals surface area contributed by atoms with E-state index in [0.717, 1.165) is 35.7 Å². The van der Waals surface area contributed by atoms with Crippen LogP contribution in [0, 0.1) is 12.7 Å². The molecule has 2 heterocycles. The minimum atomic E-state index is -0.295. The van der Waals surface area contributed by atoms with Crippen molar-refractivity contribution in [3.05, 3.63) is 45.9 Å². The van der Waals surface area contributed by atoms with Gasteiger partial charge in [0.25, 0.3) is 0 Å². The Morgan fingerprint density at radius 1 is 1.42 bits per heavy atom. The average molecular weight is 279 g/mol. The van der Waals surface area contributed by atoms with Gasteiger partial charge in [0.15, 0.2) is 0 Å². The van der Waals surface area contributed by atoms with E-state index in [2.05, 4.69) is 22.2 Å². The second kappa shape index (κ2) is 6.73. The third kappa shape index (κ3) is 4.08. The first-order valence-corrected chi connectivity index (χ1v) is 7.32. The maximum absolute atomic E-state index is 13.3. The molecule has 2 rings (SSSR count). The lowest BCUT2D eigenvalue weighted by Crippen LogP contribution is -2.24. The van der Waals surface area contributed by atoms with Gasteiger partial charge in [-0.05, 0) is 31.5 Å². The summed E-state index contributed by atoms with van der Waals surface area (Å²) in [5, 5.41) is 6.53. The van der Waals surface area contributed by atoms with Crippen LogP contribution >= 0.6 is 11.3 Å². The van der Waals surface area contributed by atoms with Crippen LogP contribution in [0.1, 0.15) is 35.7 Å². The average Bonchev–Trinajstić information content (AvgIpc) is 2.80. The Morgan fingerprint density at radius 2 is 2.26 bits per heavy atom. The third-order valence-corrected chi connectivity index (χ3v) is 3.80. The van der Waals surface area contributed by atoms with Gasteiger partial charge < -0.3 is 5.32 Å². The summed E-state index contributed by atoms with van der Waals surface area (Å²) in [7, 11) is 0. The van der Waals surface area contributed by atoms with Crippen LogP contribution in [-0.4, -0.2) is 16.5 Å². The van der Waals surface area contributed by atoms with Crippen LogP contribution in [0.25, 0.3) is 0 Å². The third-order valence-electron chi connectivity index (χ3n) is 2.81. The van der Waals surface area contributed by atoms with Gasteiger partial charge in [0.05, 0.1) is 11.2 Å². The first-order chi connectivity index (χ1) is 9.19. The van der Waals surface area contributed by atoms with E-state index in [1.54, 1.807) is 23.6 Å². The first-order valence-electron chi connectivity index (χ1n) is 6.44. The summed E-state index contributed by atoms with van der Waals surface area (Å²) in [5.74, 6) is -0.295. The van der Waals surface area contributed by atoms with E-state index in [9.17, 15) is 4.39 Å². The Morgan fingerprint density at radius 3 is 2.89 bits per heavy atom. The molecule has 0 aliphatic carbocycles. The van der Waals surface area contributed by atoms with Crippen LogP contribution in [0.2, 0.25) is 0 Å². The second-order valence-electron chi connectivity index (χ2n) is 4.53. The van der Waals surface area contributed by atoms with Gasteiger partial charge in [-0.1, -0.05) is 6.92 Å². The smallest absolute Gasteiger partial charge is 0.141 e. The molecule has 2 aromatic heterocycles. The van der Waals surface area contributed by atoms with Gasteiger partial charge in [0.1, 0.15) is 5.82 Å². The number of hydrogen-bond donors (Lipinski definition) is 1. The Bertz CT molecular complexity index is 527. The molecule has 0 saturated heterocycles. The van der Waals surface area contributed by atoms with E-state index in [-0.39, 0.29) is 11.9 Å². The summed E-state index contributed by atoms with van der Waals surface area (Å²) in [4.78, 5) is 8.40. The molecule has 5 heteroatoms. The van der Waals surface area contributed by atoms with E-state index >= 15 is 0 Å². The standard InChI is InChI=1S/C14H18FN3S/c1-3-4-17-13(6-14-18-10(2)9-19-14)11-5-12(15)8-16-7-11/h5,7-9,13,17H,3-4,6H2,1-2H3. The molecule has 1 N–H and O–H groups in total. The number of pyridine rings is 1. The molecule has 0 radical (unpaired) electrons. The van der Waals surface area contributed by atoms with Crippen LogP contribution in [-0.2, 0) is 6.42 Å². The normalized spacial score (nSPS) is 12.6. The highest BCUT2D eigenvalue weighted by Crippen LogP contribution is 2.20. The van der Waals surface area contributed by atoms with Crippen molar-refractivity contribution in [3.63, 3.8) is 0 Å². The summed E-state index contributed by atoms with van der Waals surface area (Å²) in [6.45, 7) is 4.99. The molecule has 0 amide bonds. The molecule has 0 aromatic carbocycles. The minimum absolute atomic E-state index is 0.0636. The van der Waals surface area contributed by atoms with Gasteiger partial charge in [-0.3, -0.25) is 4.98 Å². The summed E-state index contributed by atoms with van der Waals surface area (Å²) >= 11 is 1.64. The number of aromatic nitrogens is 2. The minimum Gasteiger partial charge on any atom is -0.310 e. The SMILES string of the molecule is CCCNC(Cc1nc(C)cs1)c1cncc(F)c1. The highest BCUT2D eigenvalue weighted by atomic mass is 32.1. The van der Waals surface area contributed by atoms with E-state index in [1.807, 2.05) is 12.3 Å². The summed E-state index contributed by atoms with van der Waals surface area (Å²) in [5.41, 5.74) is 1.91. The lowest BCUT2D eigenvalue weighted by molar-refractivity contribution is 0.520. The molecule has 1 unspecified atom stereocenters. The Labute approximate surface area is 116 Å².